The highest BCUT2D eigenvalue weighted by Gasteiger charge is 2.25. The third-order valence-corrected chi connectivity index (χ3v) is 6.40. The van der Waals surface area contributed by atoms with Gasteiger partial charge in [-0.15, -0.1) is 0 Å². The summed E-state index contributed by atoms with van der Waals surface area (Å²) >= 11 is 0. The average Bonchev–Trinajstić information content (AvgIpc) is 3.18. The Hall–Kier alpha value is -2.87. The number of hydrogen-bond donors (Lipinski definition) is 0. The van der Waals surface area contributed by atoms with E-state index in [1.807, 2.05) is 49.6 Å². The van der Waals surface area contributed by atoms with Crippen LogP contribution in [0.15, 0.2) is 41.8 Å². The number of sulfone groups is 1. The zero-order valence-electron chi connectivity index (χ0n) is 17.3. The fourth-order valence-electron chi connectivity index (χ4n) is 3.56. The Morgan fingerprint density at radius 1 is 1.17 bits per heavy atom. The number of hydrogen-bond acceptors (Lipinski definition) is 6. The number of esters is 1. The van der Waals surface area contributed by atoms with Crippen LogP contribution in [0.25, 0.3) is 5.69 Å². The number of carbonyl (C=O) groups is 2. The minimum Gasteiger partial charge on any atom is -0.494 e. The number of allylic oxidation sites excluding steroid dienone is 1. The van der Waals surface area contributed by atoms with Gasteiger partial charge < -0.3 is 14.0 Å². The molecule has 8 heteroatoms. The molecule has 0 aliphatic carbocycles. The zero-order chi connectivity index (χ0) is 21.9. The molecular formula is C22H25NO6S. The van der Waals surface area contributed by atoms with Crippen LogP contribution in [-0.2, 0) is 19.4 Å². The number of aromatic nitrogens is 1. The molecule has 0 saturated heterocycles. The topological polar surface area (TPSA) is 91.7 Å². The van der Waals surface area contributed by atoms with Gasteiger partial charge in [0, 0.05) is 34.0 Å². The highest BCUT2D eigenvalue weighted by molar-refractivity contribution is 7.94. The first-order chi connectivity index (χ1) is 14.2. The first kappa shape index (κ1) is 21.8. The van der Waals surface area contributed by atoms with Crippen molar-refractivity contribution in [2.45, 2.75) is 27.2 Å². The number of aryl methyl sites for hydroxylation is 1. The summed E-state index contributed by atoms with van der Waals surface area (Å²) in [6.07, 6.45) is 1.43. The van der Waals surface area contributed by atoms with E-state index in [4.69, 9.17) is 9.47 Å². The second-order valence-electron chi connectivity index (χ2n) is 7.25. The van der Waals surface area contributed by atoms with Gasteiger partial charge in [-0.25, -0.2) is 8.42 Å². The number of ether oxygens (including phenoxy) is 2. The Labute approximate surface area is 176 Å². The molecule has 160 valence electrons. The van der Waals surface area contributed by atoms with Gasteiger partial charge in [-0.1, -0.05) is 6.08 Å². The van der Waals surface area contributed by atoms with Gasteiger partial charge in [0.25, 0.3) is 0 Å². The van der Waals surface area contributed by atoms with Crippen LogP contribution in [0.4, 0.5) is 0 Å². The highest BCUT2D eigenvalue weighted by Crippen LogP contribution is 2.24. The molecule has 1 aliphatic rings. The number of ketones is 1. The summed E-state index contributed by atoms with van der Waals surface area (Å²) in [5.74, 6) is -0.614. The van der Waals surface area contributed by atoms with Crippen LogP contribution in [-0.4, -0.2) is 43.7 Å². The Balaban J connectivity index is 1.65. The molecule has 0 spiro atoms. The van der Waals surface area contributed by atoms with Gasteiger partial charge in [-0.05, 0) is 51.1 Å². The maximum absolute atomic E-state index is 12.6. The molecule has 1 aromatic heterocycles. The standard InChI is InChI=1S/C22H25NO6S/c1-4-28-19-7-5-18(6-8-19)23-15(2)11-20(16(23)3)21(24)13-29-22(25)12-17-9-10-30(26,27)14-17/h5-11,17H,4,12-14H2,1-3H3. The smallest absolute Gasteiger partial charge is 0.306 e. The summed E-state index contributed by atoms with van der Waals surface area (Å²) < 4.78 is 35.3. The van der Waals surface area contributed by atoms with E-state index in [-0.39, 0.29) is 24.6 Å². The quantitative estimate of drug-likeness (QED) is 0.471. The lowest BCUT2D eigenvalue weighted by Crippen LogP contribution is -2.18. The van der Waals surface area contributed by atoms with Crippen molar-refractivity contribution in [2.75, 3.05) is 19.0 Å². The lowest BCUT2D eigenvalue weighted by atomic mass is 10.1. The molecule has 7 nitrogen and oxygen atoms in total. The van der Waals surface area contributed by atoms with Gasteiger partial charge in [-0.3, -0.25) is 9.59 Å². The van der Waals surface area contributed by atoms with Crippen molar-refractivity contribution in [3.05, 3.63) is 58.8 Å². The van der Waals surface area contributed by atoms with Crippen molar-refractivity contribution in [1.29, 1.82) is 0 Å². The fourth-order valence-corrected chi connectivity index (χ4v) is 4.96. The summed E-state index contributed by atoms with van der Waals surface area (Å²) in [6.45, 7) is 5.87. The lowest BCUT2D eigenvalue weighted by molar-refractivity contribution is -0.143. The normalized spacial score (nSPS) is 17.1. The molecule has 2 heterocycles. The lowest BCUT2D eigenvalue weighted by Gasteiger charge is -2.11. The van der Waals surface area contributed by atoms with Crippen molar-refractivity contribution >= 4 is 21.6 Å². The van der Waals surface area contributed by atoms with Gasteiger partial charge in [0.1, 0.15) is 5.75 Å². The molecular weight excluding hydrogens is 406 g/mol. The average molecular weight is 432 g/mol. The summed E-state index contributed by atoms with van der Waals surface area (Å²) in [5.41, 5.74) is 3.02. The molecule has 0 N–H and O–H groups in total. The van der Waals surface area contributed by atoms with Crippen molar-refractivity contribution in [2.24, 2.45) is 5.92 Å². The number of nitrogens with zero attached hydrogens (tertiary/aromatic N) is 1. The van der Waals surface area contributed by atoms with Crippen LogP contribution in [0, 0.1) is 19.8 Å². The minimum absolute atomic E-state index is 0.0613. The summed E-state index contributed by atoms with van der Waals surface area (Å²) in [5, 5.41) is 1.12. The minimum atomic E-state index is -3.22. The van der Waals surface area contributed by atoms with Gasteiger partial charge in [0.15, 0.2) is 16.4 Å². The van der Waals surface area contributed by atoms with Gasteiger partial charge >= 0.3 is 5.97 Å². The van der Waals surface area contributed by atoms with Gasteiger partial charge in [0.05, 0.1) is 18.8 Å². The molecule has 0 bridgehead atoms. The molecule has 30 heavy (non-hydrogen) atoms. The second-order valence-corrected chi connectivity index (χ2v) is 9.18. The molecule has 0 saturated carbocycles. The summed E-state index contributed by atoms with van der Waals surface area (Å²) in [4.78, 5) is 24.6. The molecule has 2 aromatic rings. The largest absolute Gasteiger partial charge is 0.494 e. The number of benzene rings is 1. The number of Topliss-reactive ketones (excluding diaryl/α,β-unsaturated/α-hetero) is 1. The monoisotopic (exact) mass is 431 g/mol. The molecule has 1 atom stereocenters. The third-order valence-electron chi connectivity index (χ3n) is 4.94. The molecule has 1 unspecified atom stereocenters. The van der Waals surface area contributed by atoms with Crippen molar-refractivity contribution in [3.63, 3.8) is 0 Å². The maximum Gasteiger partial charge on any atom is 0.306 e. The van der Waals surface area contributed by atoms with E-state index >= 15 is 0 Å². The molecule has 1 aliphatic heterocycles. The molecule has 3 rings (SSSR count). The highest BCUT2D eigenvalue weighted by atomic mass is 32.2. The van der Waals surface area contributed by atoms with E-state index in [0.717, 1.165) is 28.2 Å². The van der Waals surface area contributed by atoms with E-state index in [0.29, 0.717) is 12.2 Å². The Morgan fingerprint density at radius 2 is 1.87 bits per heavy atom. The van der Waals surface area contributed by atoms with E-state index in [1.165, 1.54) is 6.08 Å². The summed E-state index contributed by atoms with van der Waals surface area (Å²) in [7, 11) is -3.22. The first-order valence-corrected chi connectivity index (χ1v) is 11.4. The number of rotatable bonds is 8. The van der Waals surface area contributed by atoms with Crippen LogP contribution in [0.2, 0.25) is 0 Å². The molecule has 0 amide bonds. The van der Waals surface area contributed by atoms with Crippen molar-refractivity contribution < 1.29 is 27.5 Å². The molecule has 1 aromatic carbocycles. The molecule has 0 fully saturated rings. The first-order valence-electron chi connectivity index (χ1n) is 9.72. The zero-order valence-corrected chi connectivity index (χ0v) is 18.1. The van der Waals surface area contributed by atoms with E-state index in [9.17, 15) is 18.0 Å². The SMILES string of the molecule is CCOc1ccc(-n2c(C)cc(C(=O)COC(=O)CC3C=CS(=O)(=O)C3)c2C)cc1. The Bertz CT molecular complexity index is 1080. The Morgan fingerprint density at radius 3 is 2.47 bits per heavy atom. The van der Waals surface area contributed by atoms with E-state index in [2.05, 4.69) is 0 Å². The van der Waals surface area contributed by atoms with Crippen LogP contribution in [0.3, 0.4) is 0 Å². The van der Waals surface area contributed by atoms with Gasteiger partial charge in [-0.2, -0.15) is 0 Å². The van der Waals surface area contributed by atoms with E-state index in [1.54, 1.807) is 6.07 Å². The number of carbonyl (C=O) groups excluding carboxylic acids is 2. The molecule has 0 radical (unpaired) electrons. The van der Waals surface area contributed by atoms with E-state index < -0.39 is 21.7 Å². The van der Waals surface area contributed by atoms with Crippen LogP contribution < -0.4 is 4.74 Å². The van der Waals surface area contributed by atoms with Crippen LogP contribution in [0.5, 0.6) is 5.75 Å². The summed E-state index contributed by atoms with van der Waals surface area (Å²) in [6, 6.07) is 9.36. The third kappa shape index (κ3) is 4.99. The van der Waals surface area contributed by atoms with Gasteiger partial charge in [0.2, 0.25) is 5.78 Å². The predicted molar refractivity (Wildman–Crippen MR) is 113 cm³/mol. The maximum atomic E-state index is 12.6. The fraction of sp³-hybridized carbons (Fsp3) is 0.364. The van der Waals surface area contributed by atoms with Crippen LogP contribution in [0.1, 0.15) is 35.1 Å². The van der Waals surface area contributed by atoms with Crippen molar-refractivity contribution in [1.82, 2.24) is 4.57 Å². The predicted octanol–water partition coefficient (Wildman–Crippen LogP) is 3.17. The van der Waals surface area contributed by atoms with Crippen molar-refractivity contribution in [3.8, 4) is 11.4 Å². The second kappa shape index (κ2) is 8.87. The Kier molecular flexibility index (Phi) is 6.45. The van der Waals surface area contributed by atoms with Crippen LogP contribution >= 0.6 is 0 Å².